The van der Waals surface area contributed by atoms with Gasteiger partial charge in [0.25, 0.3) is 0 Å². The van der Waals surface area contributed by atoms with Crippen molar-refractivity contribution < 1.29 is 4.74 Å². The first-order chi connectivity index (χ1) is 7.22. The summed E-state index contributed by atoms with van der Waals surface area (Å²) >= 11 is 5.97. The molecule has 0 fully saturated rings. The van der Waals surface area contributed by atoms with Crippen molar-refractivity contribution in [1.29, 1.82) is 0 Å². The molecule has 1 aromatic heterocycles. The second-order valence-electron chi connectivity index (χ2n) is 3.40. The molecule has 0 radical (unpaired) electrons. The zero-order valence-electron chi connectivity index (χ0n) is 9.11. The van der Waals surface area contributed by atoms with E-state index in [1.54, 1.807) is 11.8 Å². The van der Waals surface area contributed by atoms with Crippen LogP contribution in [0.1, 0.15) is 12.1 Å². The van der Waals surface area contributed by atoms with Crippen LogP contribution in [0.3, 0.4) is 0 Å². The van der Waals surface area contributed by atoms with Crippen molar-refractivity contribution in [1.82, 2.24) is 20.3 Å². The first-order valence-corrected chi connectivity index (χ1v) is 5.35. The van der Waals surface area contributed by atoms with Gasteiger partial charge in [0.05, 0.1) is 17.7 Å². The SMILES string of the molecule is COCC(Cl)CCNCc1cn(C)nn1. The first-order valence-electron chi connectivity index (χ1n) is 4.91. The summed E-state index contributed by atoms with van der Waals surface area (Å²) in [7, 11) is 3.51. The summed E-state index contributed by atoms with van der Waals surface area (Å²) in [6, 6.07) is 0. The maximum atomic E-state index is 5.97. The Kier molecular flexibility index (Phi) is 5.60. The molecular weight excluding hydrogens is 216 g/mol. The van der Waals surface area contributed by atoms with Gasteiger partial charge in [0, 0.05) is 26.9 Å². The number of methoxy groups -OCH3 is 1. The molecule has 0 aromatic carbocycles. The third kappa shape index (κ3) is 5.11. The third-order valence-electron chi connectivity index (χ3n) is 1.94. The normalized spacial score (nSPS) is 13.0. The fourth-order valence-electron chi connectivity index (χ4n) is 1.22. The number of ether oxygens (including phenoxy) is 1. The largest absolute Gasteiger partial charge is 0.383 e. The van der Waals surface area contributed by atoms with E-state index in [-0.39, 0.29) is 5.38 Å². The fourth-order valence-corrected chi connectivity index (χ4v) is 1.45. The van der Waals surface area contributed by atoms with Gasteiger partial charge in [-0.05, 0) is 13.0 Å². The number of alkyl halides is 1. The summed E-state index contributed by atoms with van der Waals surface area (Å²) in [5.74, 6) is 0. The molecule has 0 amide bonds. The fraction of sp³-hybridized carbons (Fsp3) is 0.778. The number of hydrogen-bond donors (Lipinski definition) is 1. The van der Waals surface area contributed by atoms with E-state index in [0.29, 0.717) is 6.61 Å². The molecule has 1 atom stereocenters. The summed E-state index contributed by atoms with van der Waals surface area (Å²) in [5.41, 5.74) is 0.940. The number of nitrogens with zero attached hydrogens (tertiary/aromatic N) is 3. The molecule has 0 saturated heterocycles. The standard InChI is InChI=1S/C9H17ClN4O/c1-14-6-9(12-13-14)5-11-4-3-8(10)7-15-2/h6,8,11H,3-5,7H2,1-2H3. The van der Waals surface area contributed by atoms with Crippen molar-refractivity contribution in [3.05, 3.63) is 11.9 Å². The number of hydrogen-bond acceptors (Lipinski definition) is 4. The Hall–Kier alpha value is -0.650. The second kappa shape index (κ2) is 6.76. The maximum Gasteiger partial charge on any atom is 0.0964 e. The average molecular weight is 233 g/mol. The molecule has 0 aliphatic rings. The summed E-state index contributed by atoms with van der Waals surface area (Å²) < 4.78 is 6.62. The molecular formula is C9H17ClN4O. The van der Waals surface area contributed by atoms with Crippen LogP contribution in [0.15, 0.2) is 6.20 Å². The molecule has 0 aliphatic carbocycles. The lowest BCUT2D eigenvalue weighted by Gasteiger charge is -2.07. The van der Waals surface area contributed by atoms with Crippen LogP contribution in [0, 0.1) is 0 Å². The van der Waals surface area contributed by atoms with Crippen LogP contribution in [-0.4, -0.2) is 40.6 Å². The first kappa shape index (κ1) is 12.4. The van der Waals surface area contributed by atoms with Crippen molar-refractivity contribution in [2.45, 2.75) is 18.3 Å². The van der Waals surface area contributed by atoms with Gasteiger partial charge in [-0.2, -0.15) is 0 Å². The minimum absolute atomic E-state index is 0.0735. The molecule has 0 spiro atoms. The predicted molar refractivity (Wildman–Crippen MR) is 58.8 cm³/mol. The van der Waals surface area contributed by atoms with Gasteiger partial charge in [-0.3, -0.25) is 4.68 Å². The van der Waals surface area contributed by atoms with Gasteiger partial charge in [0.15, 0.2) is 0 Å². The smallest absolute Gasteiger partial charge is 0.0964 e. The molecule has 0 bridgehead atoms. The van der Waals surface area contributed by atoms with Crippen LogP contribution >= 0.6 is 11.6 Å². The van der Waals surface area contributed by atoms with Crippen LogP contribution in [0.25, 0.3) is 0 Å². The number of halogens is 1. The molecule has 1 N–H and O–H groups in total. The molecule has 86 valence electrons. The van der Waals surface area contributed by atoms with E-state index < -0.39 is 0 Å². The monoisotopic (exact) mass is 232 g/mol. The molecule has 0 saturated carbocycles. The molecule has 1 unspecified atom stereocenters. The average Bonchev–Trinajstić information content (AvgIpc) is 2.60. The summed E-state index contributed by atoms with van der Waals surface area (Å²) in [4.78, 5) is 0. The lowest BCUT2D eigenvalue weighted by molar-refractivity contribution is 0.195. The van der Waals surface area contributed by atoms with Gasteiger partial charge >= 0.3 is 0 Å². The molecule has 1 rings (SSSR count). The third-order valence-corrected chi connectivity index (χ3v) is 2.28. The van der Waals surface area contributed by atoms with E-state index in [0.717, 1.165) is 25.2 Å². The highest BCUT2D eigenvalue weighted by atomic mass is 35.5. The molecule has 0 aliphatic heterocycles. The lowest BCUT2D eigenvalue weighted by Crippen LogP contribution is -2.20. The van der Waals surface area contributed by atoms with Gasteiger partial charge in [-0.15, -0.1) is 16.7 Å². The Morgan fingerprint density at radius 2 is 2.47 bits per heavy atom. The summed E-state index contributed by atoms with van der Waals surface area (Å²) in [6.07, 6.45) is 2.77. The summed E-state index contributed by atoms with van der Waals surface area (Å²) in [5, 5.41) is 11.1. The second-order valence-corrected chi connectivity index (χ2v) is 4.02. The Labute approximate surface area is 94.7 Å². The zero-order valence-corrected chi connectivity index (χ0v) is 9.87. The van der Waals surface area contributed by atoms with Gasteiger partial charge in [0.2, 0.25) is 0 Å². The van der Waals surface area contributed by atoms with Crippen LogP contribution in [-0.2, 0) is 18.3 Å². The zero-order chi connectivity index (χ0) is 11.1. The van der Waals surface area contributed by atoms with Gasteiger partial charge in [-0.1, -0.05) is 5.21 Å². The summed E-state index contributed by atoms with van der Waals surface area (Å²) in [6.45, 7) is 2.17. The maximum absolute atomic E-state index is 5.97. The Bertz CT molecular complexity index is 279. The van der Waals surface area contributed by atoms with Crippen molar-refractivity contribution in [2.24, 2.45) is 7.05 Å². The van der Waals surface area contributed by atoms with E-state index in [4.69, 9.17) is 16.3 Å². The van der Waals surface area contributed by atoms with E-state index in [1.165, 1.54) is 0 Å². The Morgan fingerprint density at radius 1 is 1.67 bits per heavy atom. The Balaban J connectivity index is 2.06. The highest BCUT2D eigenvalue weighted by molar-refractivity contribution is 6.20. The molecule has 1 aromatic rings. The van der Waals surface area contributed by atoms with Gasteiger partial charge < -0.3 is 10.1 Å². The van der Waals surface area contributed by atoms with Crippen LogP contribution in [0.2, 0.25) is 0 Å². The number of aromatic nitrogens is 3. The van der Waals surface area contributed by atoms with Crippen molar-refractivity contribution in [3.8, 4) is 0 Å². The van der Waals surface area contributed by atoms with Gasteiger partial charge in [-0.25, -0.2) is 0 Å². The molecule has 1 heterocycles. The van der Waals surface area contributed by atoms with Crippen molar-refractivity contribution in [2.75, 3.05) is 20.3 Å². The molecule has 15 heavy (non-hydrogen) atoms. The Morgan fingerprint density at radius 3 is 3.07 bits per heavy atom. The van der Waals surface area contributed by atoms with E-state index in [1.807, 2.05) is 13.2 Å². The van der Waals surface area contributed by atoms with E-state index in [9.17, 15) is 0 Å². The topological polar surface area (TPSA) is 52.0 Å². The van der Waals surface area contributed by atoms with Crippen LogP contribution in [0.4, 0.5) is 0 Å². The number of nitrogens with one attached hydrogen (secondary N) is 1. The highest BCUT2D eigenvalue weighted by Gasteiger charge is 2.03. The minimum atomic E-state index is 0.0735. The number of rotatable bonds is 7. The van der Waals surface area contributed by atoms with E-state index >= 15 is 0 Å². The molecule has 6 heteroatoms. The minimum Gasteiger partial charge on any atom is -0.383 e. The lowest BCUT2D eigenvalue weighted by atomic mass is 10.3. The highest BCUT2D eigenvalue weighted by Crippen LogP contribution is 2.01. The quantitative estimate of drug-likeness (QED) is 0.551. The van der Waals surface area contributed by atoms with Crippen LogP contribution < -0.4 is 5.32 Å². The van der Waals surface area contributed by atoms with Crippen molar-refractivity contribution in [3.63, 3.8) is 0 Å². The van der Waals surface area contributed by atoms with Crippen LogP contribution in [0.5, 0.6) is 0 Å². The molecule has 5 nitrogen and oxygen atoms in total. The number of aryl methyl sites for hydroxylation is 1. The van der Waals surface area contributed by atoms with Crippen molar-refractivity contribution >= 4 is 11.6 Å². The predicted octanol–water partition coefficient (Wildman–Crippen LogP) is 0.549. The van der Waals surface area contributed by atoms with E-state index in [2.05, 4.69) is 15.6 Å². The van der Waals surface area contributed by atoms with Gasteiger partial charge in [0.1, 0.15) is 0 Å².